The van der Waals surface area contributed by atoms with Crippen LogP contribution in [0.25, 0.3) is 100 Å². The van der Waals surface area contributed by atoms with Crippen LogP contribution >= 0.6 is 0 Å². The molecule has 0 aliphatic heterocycles. The van der Waals surface area contributed by atoms with E-state index in [1.54, 1.807) is 0 Å². The molecule has 9 aromatic carbocycles. The number of aromatic nitrogens is 2. The Hall–Kier alpha value is -8.14. The first kappa shape index (κ1) is 34.7. The normalized spacial score (nSPS) is 13.0. The Balaban J connectivity index is 1.07. The lowest BCUT2D eigenvalue weighted by Crippen LogP contribution is -2.29. The first-order chi connectivity index (χ1) is 30.7. The van der Waals surface area contributed by atoms with Gasteiger partial charge in [0.15, 0.2) is 5.82 Å². The van der Waals surface area contributed by atoms with Crippen molar-refractivity contribution in [2.24, 2.45) is 0 Å². The van der Waals surface area contributed by atoms with Gasteiger partial charge >= 0.3 is 0 Å². The van der Waals surface area contributed by atoms with Crippen molar-refractivity contribution in [1.29, 1.82) is 0 Å². The number of para-hydroxylation sites is 1. The van der Waals surface area contributed by atoms with Crippen molar-refractivity contribution in [3.05, 3.63) is 241 Å². The van der Waals surface area contributed by atoms with Gasteiger partial charge in [-0.1, -0.05) is 188 Å². The highest BCUT2D eigenvalue weighted by Gasteiger charge is 2.49. The fraction of sp³-hybridized carbons (Fsp3) is 0.0169. The lowest BCUT2D eigenvalue weighted by molar-refractivity contribution is 0.669. The van der Waals surface area contributed by atoms with E-state index >= 15 is 0 Å². The maximum absolute atomic E-state index is 6.40. The third-order valence-electron chi connectivity index (χ3n) is 13.2. The molecule has 0 radical (unpaired) electrons. The highest BCUT2D eigenvalue weighted by molar-refractivity contribution is 6.06. The fourth-order valence-corrected chi connectivity index (χ4v) is 10.4. The van der Waals surface area contributed by atoms with Crippen molar-refractivity contribution in [3.63, 3.8) is 0 Å². The lowest BCUT2D eigenvalue weighted by atomic mass is 9.65. The van der Waals surface area contributed by atoms with Gasteiger partial charge in [-0.2, -0.15) is 0 Å². The number of furan rings is 1. The van der Waals surface area contributed by atoms with Gasteiger partial charge in [0.25, 0.3) is 0 Å². The maximum atomic E-state index is 6.40. The van der Waals surface area contributed by atoms with Crippen molar-refractivity contribution in [2.45, 2.75) is 5.41 Å². The number of hydrogen-bond acceptors (Lipinski definition) is 3. The summed E-state index contributed by atoms with van der Waals surface area (Å²) in [5.41, 5.74) is 20.6. The Kier molecular flexibility index (Phi) is 7.52. The second-order valence-corrected chi connectivity index (χ2v) is 16.4. The first-order valence-corrected chi connectivity index (χ1v) is 21.2. The molecule has 2 heterocycles. The Labute approximate surface area is 359 Å². The van der Waals surface area contributed by atoms with Gasteiger partial charge in [-0.15, -0.1) is 0 Å². The second kappa shape index (κ2) is 13.4. The predicted octanol–water partition coefficient (Wildman–Crippen LogP) is 15.1. The van der Waals surface area contributed by atoms with Gasteiger partial charge < -0.3 is 4.42 Å². The number of nitrogens with zero attached hydrogens (tertiary/aromatic N) is 2. The SMILES string of the molecule is c1ccc(-c2ccc(-c3nc(-c4ccc5c(c4)C4(c6ccccc6-c6ccccc6-5)c5ccccc5-c5ccccc54)cc(-c4ccc5c(c4)oc4ccccc45)n3)cc2)cc1. The van der Waals surface area contributed by atoms with E-state index in [4.69, 9.17) is 14.4 Å². The van der Waals surface area contributed by atoms with E-state index in [2.05, 4.69) is 200 Å². The zero-order valence-corrected chi connectivity index (χ0v) is 33.6. The highest BCUT2D eigenvalue weighted by Crippen LogP contribution is 2.61. The largest absolute Gasteiger partial charge is 0.456 e. The highest BCUT2D eigenvalue weighted by atomic mass is 16.3. The fourth-order valence-electron chi connectivity index (χ4n) is 10.4. The van der Waals surface area contributed by atoms with Crippen LogP contribution in [-0.2, 0) is 5.41 Å². The minimum absolute atomic E-state index is 0.591. The van der Waals surface area contributed by atoms with Crippen LogP contribution in [0.4, 0.5) is 0 Å². The van der Waals surface area contributed by atoms with Crippen LogP contribution in [0.15, 0.2) is 223 Å². The lowest BCUT2D eigenvalue weighted by Gasteiger charge is -2.35. The molecule has 62 heavy (non-hydrogen) atoms. The molecule has 288 valence electrons. The number of hydrogen-bond donors (Lipinski definition) is 0. The van der Waals surface area contributed by atoms with E-state index in [0.29, 0.717) is 5.82 Å². The van der Waals surface area contributed by atoms with Gasteiger partial charge in [0.1, 0.15) is 11.2 Å². The molecule has 0 atom stereocenters. The zero-order valence-electron chi connectivity index (χ0n) is 33.6. The molecule has 0 unspecified atom stereocenters. The molecule has 0 bridgehead atoms. The van der Waals surface area contributed by atoms with Gasteiger partial charge in [-0.05, 0) is 97.1 Å². The van der Waals surface area contributed by atoms with Gasteiger partial charge in [0.2, 0.25) is 0 Å². The molecule has 2 aliphatic carbocycles. The monoisotopic (exact) mass is 788 g/mol. The van der Waals surface area contributed by atoms with Gasteiger partial charge in [-0.3, -0.25) is 0 Å². The third kappa shape index (κ3) is 5.06. The number of benzene rings is 9. The minimum atomic E-state index is -0.591. The van der Waals surface area contributed by atoms with Crippen molar-refractivity contribution < 1.29 is 4.42 Å². The van der Waals surface area contributed by atoms with Crippen molar-refractivity contribution >= 4 is 21.9 Å². The molecular formula is C59H36N2O. The Morgan fingerprint density at radius 1 is 0.290 bits per heavy atom. The summed E-state index contributed by atoms with van der Waals surface area (Å²) in [7, 11) is 0. The summed E-state index contributed by atoms with van der Waals surface area (Å²) in [6.07, 6.45) is 0. The van der Waals surface area contributed by atoms with Crippen LogP contribution in [-0.4, -0.2) is 9.97 Å². The molecule has 13 rings (SSSR count). The van der Waals surface area contributed by atoms with Crippen LogP contribution < -0.4 is 0 Å². The average Bonchev–Trinajstić information content (AvgIpc) is 3.84. The number of rotatable bonds is 4. The van der Waals surface area contributed by atoms with Crippen LogP contribution in [0, 0.1) is 0 Å². The van der Waals surface area contributed by atoms with Crippen molar-refractivity contribution in [2.75, 3.05) is 0 Å². The first-order valence-electron chi connectivity index (χ1n) is 21.2. The third-order valence-corrected chi connectivity index (χ3v) is 13.2. The zero-order chi connectivity index (χ0) is 40.8. The van der Waals surface area contributed by atoms with Crippen LogP contribution in [0.2, 0.25) is 0 Å². The molecule has 3 nitrogen and oxygen atoms in total. The molecule has 0 saturated carbocycles. The smallest absolute Gasteiger partial charge is 0.160 e. The van der Waals surface area contributed by atoms with Crippen LogP contribution in [0.1, 0.15) is 22.3 Å². The quantitative estimate of drug-likeness (QED) is 0.178. The standard InChI is InChI=1S/C59H36N2O/c1-2-14-37(15-3-1)38-26-28-39(29-27-38)58-60-54(36-55(61-58)41-31-33-49-48-21-9-13-25-56(48)62-57(49)35-41)40-30-32-47-43-17-5-4-16-42(43)44-18-6-10-22-50(44)59(53(47)34-40)51-23-11-7-19-45(51)46-20-8-12-24-52(46)59/h1-36H. The van der Waals surface area contributed by atoms with E-state index in [1.807, 2.05) is 18.2 Å². The van der Waals surface area contributed by atoms with E-state index in [0.717, 1.165) is 55.6 Å². The summed E-state index contributed by atoms with van der Waals surface area (Å²) in [6.45, 7) is 0. The molecule has 2 aromatic heterocycles. The summed E-state index contributed by atoms with van der Waals surface area (Å²) in [4.78, 5) is 10.7. The van der Waals surface area contributed by atoms with E-state index in [-0.39, 0.29) is 0 Å². The van der Waals surface area contributed by atoms with E-state index in [1.165, 1.54) is 61.2 Å². The average molecular weight is 789 g/mol. The predicted molar refractivity (Wildman–Crippen MR) is 253 cm³/mol. The molecule has 2 aliphatic rings. The Morgan fingerprint density at radius 3 is 1.40 bits per heavy atom. The number of fused-ring (bicyclic) bond motifs is 15. The van der Waals surface area contributed by atoms with Gasteiger partial charge in [-0.25, -0.2) is 9.97 Å². The topological polar surface area (TPSA) is 38.9 Å². The van der Waals surface area contributed by atoms with Crippen LogP contribution in [0.5, 0.6) is 0 Å². The summed E-state index contributed by atoms with van der Waals surface area (Å²) < 4.78 is 6.40. The molecule has 0 fully saturated rings. The van der Waals surface area contributed by atoms with Crippen molar-refractivity contribution in [3.8, 4) is 78.4 Å². The van der Waals surface area contributed by atoms with Crippen molar-refractivity contribution in [1.82, 2.24) is 9.97 Å². The van der Waals surface area contributed by atoms with Gasteiger partial charge in [0, 0.05) is 27.5 Å². The molecule has 0 amide bonds. The second-order valence-electron chi connectivity index (χ2n) is 16.4. The van der Waals surface area contributed by atoms with Gasteiger partial charge in [0.05, 0.1) is 16.8 Å². The summed E-state index contributed by atoms with van der Waals surface area (Å²) >= 11 is 0. The van der Waals surface area contributed by atoms with E-state index in [9.17, 15) is 0 Å². The molecular weight excluding hydrogens is 753 g/mol. The minimum Gasteiger partial charge on any atom is -0.456 e. The molecule has 0 saturated heterocycles. The molecule has 0 N–H and O–H groups in total. The summed E-state index contributed by atoms with van der Waals surface area (Å²) in [6, 6.07) is 78.8. The summed E-state index contributed by atoms with van der Waals surface area (Å²) in [5, 5.41) is 2.19. The summed E-state index contributed by atoms with van der Waals surface area (Å²) in [5.74, 6) is 0.665. The Morgan fingerprint density at radius 2 is 0.742 bits per heavy atom. The molecule has 3 heteroatoms. The molecule has 1 spiro atoms. The maximum Gasteiger partial charge on any atom is 0.160 e. The Bertz CT molecular complexity index is 3540. The molecule has 11 aromatic rings. The van der Waals surface area contributed by atoms with E-state index < -0.39 is 5.41 Å². The van der Waals surface area contributed by atoms with Crippen LogP contribution in [0.3, 0.4) is 0 Å².